The SMILES string of the molecule is COc1cc(-c2ncc(Br)c(=O)[nH]2)ccc1O. The van der Waals surface area contributed by atoms with Crippen LogP contribution in [0.2, 0.25) is 0 Å². The highest BCUT2D eigenvalue weighted by atomic mass is 79.9. The second-order valence-electron chi connectivity index (χ2n) is 3.30. The number of H-pyrrole nitrogens is 1. The molecular formula is C11H9BrN2O3. The second-order valence-corrected chi connectivity index (χ2v) is 4.15. The lowest BCUT2D eigenvalue weighted by Gasteiger charge is -2.06. The number of rotatable bonds is 2. The standard InChI is InChI=1S/C11H9BrN2O3/c1-17-9-4-6(2-3-8(9)15)10-13-5-7(12)11(16)14-10/h2-5,15H,1H3,(H,13,14,16). The van der Waals surface area contributed by atoms with Crippen LogP contribution in [-0.2, 0) is 0 Å². The number of hydrogen-bond acceptors (Lipinski definition) is 4. The van der Waals surface area contributed by atoms with Crippen molar-refractivity contribution in [3.63, 3.8) is 0 Å². The molecule has 2 rings (SSSR count). The van der Waals surface area contributed by atoms with E-state index in [2.05, 4.69) is 25.9 Å². The third-order valence-corrected chi connectivity index (χ3v) is 2.77. The highest BCUT2D eigenvalue weighted by molar-refractivity contribution is 9.10. The van der Waals surface area contributed by atoms with Gasteiger partial charge in [-0.3, -0.25) is 4.79 Å². The lowest BCUT2D eigenvalue weighted by atomic mass is 10.2. The quantitative estimate of drug-likeness (QED) is 0.888. The molecule has 5 nitrogen and oxygen atoms in total. The Morgan fingerprint density at radius 2 is 2.24 bits per heavy atom. The van der Waals surface area contributed by atoms with E-state index in [0.29, 0.717) is 21.6 Å². The van der Waals surface area contributed by atoms with Crippen molar-refractivity contribution in [1.82, 2.24) is 9.97 Å². The Balaban J connectivity index is 2.53. The Morgan fingerprint density at radius 1 is 1.47 bits per heavy atom. The number of ether oxygens (including phenoxy) is 1. The van der Waals surface area contributed by atoms with Crippen LogP contribution < -0.4 is 10.3 Å². The number of aromatic amines is 1. The van der Waals surface area contributed by atoms with Crippen LogP contribution in [0.1, 0.15) is 0 Å². The number of benzene rings is 1. The zero-order chi connectivity index (χ0) is 12.4. The number of aromatic hydroxyl groups is 1. The lowest BCUT2D eigenvalue weighted by Crippen LogP contribution is -2.08. The molecule has 6 heteroatoms. The molecule has 1 heterocycles. The molecule has 2 aromatic rings. The van der Waals surface area contributed by atoms with E-state index >= 15 is 0 Å². The normalized spacial score (nSPS) is 10.2. The molecule has 1 aromatic carbocycles. The number of nitrogens with one attached hydrogen (secondary N) is 1. The molecule has 0 atom stereocenters. The number of hydrogen-bond donors (Lipinski definition) is 2. The maximum atomic E-state index is 11.4. The van der Waals surface area contributed by atoms with E-state index in [1.54, 1.807) is 12.1 Å². The molecule has 0 radical (unpaired) electrons. The highest BCUT2D eigenvalue weighted by Gasteiger charge is 2.07. The summed E-state index contributed by atoms with van der Waals surface area (Å²) in [5.74, 6) is 0.778. The topological polar surface area (TPSA) is 75.2 Å². The molecule has 0 aliphatic rings. The fraction of sp³-hybridized carbons (Fsp3) is 0.0909. The molecule has 0 aliphatic carbocycles. The van der Waals surface area contributed by atoms with Gasteiger partial charge in [-0.1, -0.05) is 0 Å². The van der Waals surface area contributed by atoms with Crippen LogP contribution in [0.3, 0.4) is 0 Å². The van der Waals surface area contributed by atoms with Crippen LogP contribution in [0.25, 0.3) is 11.4 Å². The average molecular weight is 297 g/mol. The number of halogens is 1. The number of phenols is 1. The van der Waals surface area contributed by atoms with Crippen molar-refractivity contribution in [3.05, 3.63) is 39.2 Å². The largest absolute Gasteiger partial charge is 0.504 e. The van der Waals surface area contributed by atoms with Gasteiger partial charge in [-0.15, -0.1) is 0 Å². The molecule has 0 saturated heterocycles. The summed E-state index contributed by atoms with van der Waals surface area (Å²) < 4.78 is 5.35. The van der Waals surface area contributed by atoms with E-state index in [4.69, 9.17) is 4.74 Å². The van der Waals surface area contributed by atoms with E-state index in [1.807, 2.05) is 0 Å². The van der Waals surface area contributed by atoms with E-state index in [1.165, 1.54) is 19.4 Å². The van der Waals surface area contributed by atoms with E-state index in [-0.39, 0.29) is 11.3 Å². The van der Waals surface area contributed by atoms with Gasteiger partial charge in [-0.25, -0.2) is 4.98 Å². The van der Waals surface area contributed by atoms with Gasteiger partial charge in [0, 0.05) is 11.8 Å². The highest BCUT2D eigenvalue weighted by Crippen LogP contribution is 2.29. The molecule has 0 bridgehead atoms. The predicted octanol–water partition coefficient (Wildman–Crippen LogP) is 1.91. The van der Waals surface area contributed by atoms with Crippen LogP contribution in [0.4, 0.5) is 0 Å². The smallest absolute Gasteiger partial charge is 0.265 e. The number of nitrogens with zero attached hydrogens (tertiary/aromatic N) is 1. The zero-order valence-corrected chi connectivity index (χ0v) is 10.5. The van der Waals surface area contributed by atoms with Gasteiger partial charge >= 0.3 is 0 Å². The van der Waals surface area contributed by atoms with Crippen LogP contribution in [0.5, 0.6) is 11.5 Å². The maximum Gasteiger partial charge on any atom is 0.265 e. The van der Waals surface area contributed by atoms with E-state index < -0.39 is 0 Å². The van der Waals surface area contributed by atoms with Crippen molar-refractivity contribution in [1.29, 1.82) is 0 Å². The van der Waals surface area contributed by atoms with Crippen LogP contribution in [-0.4, -0.2) is 22.2 Å². The third-order valence-electron chi connectivity index (χ3n) is 2.21. The van der Waals surface area contributed by atoms with Gasteiger partial charge in [-0.05, 0) is 34.1 Å². The molecule has 17 heavy (non-hydrogen) atoms. The number of phenolic OH excluding ortho intramolecular Hbond substituents is 1. The molecule has 0 saturated carbocycles. The van der Waals surface area contributed by atoms with Gasteiger partial charge in [0.15, 0.2) is 11.5 Å². The van der Waals surface area contributed by atoms with Crippen LogP contribution in [0.15, 0.2) is 33.7 Å². The fourth-order valence-corrected chi connectivity index (χ4v) is 1.55. The molecule has 1 aromatic heterocycles. The average Bonchev–Trinajstić information content (AvgIpc) is 2.33. The van der Waals surface area contributed by atoms with Gasteiger partial charge in [0.1, 0.15) is 10.3 Å². The summed E-state index contributed by atoms with van der Waals surface area (Å²) in [6, 6.07) is 4.72. The maximum absolute atomic E-state index is 11.4. The minimum Gasteiger partial charge on any atom is -0.504 e. The Morgan fingerprint density at radius 3 is 2.88 bits per heavy atom. The van der Waals surface area contributed by atoms with Crippen LogP contribution >= 0.6 is 15.9 Å². The Labute approximate surface area is 105 Å². The molecular weight excluding hydrogens is 288 g/mol. The molecule has 88 valence electrons. The summed E-state index contributed by atoms with van der Waals surface area (Å²) in [6.07, 6.45) is 1.42. The first-order valence-corrected chi connectivity index (χ1v) is 5.53. The number of aromatic nitrogens is 2. The molecule has 0 amide bonds. The number of methoxy groups -OCH3 is 1. The Hall–Kier alpha value is -1.82. The van der Waals surface area contributed by atoms with Gasteiger partial charge < -0.3 is 14.8 Å². The summed E-state index contributed by atoms with van der Waals surface area (Å²) in [7, 11) is 1.45. The molecule has 0 spiro atoms. The van der Waals surface area contributed by atoms with Crippen molar-refractivity contribution >= 4 is 15.9 Å². The summed E-state index contributed by atoms with van der Waals surface area (Å²) in [4.78, 5) is 18.1. The van der Waals surface area contributed by atoms with E-state index in [0.717, 1.165) is 0 Å². The minimum absolute atomic E-state index is 0.0377. The van der Waals surface area contributed by atoms with Crippen molar-refractivity contribution in [2.75, 3.05) is 7.11 Å². The first kappa shape index (κ1) is 11.7. The van der Waals surface area contributed by atoms with Gasteiger partial charge in [0.05, 0.1) is 7.11 Å². The molecule has 2 N–H and O–H groups in total. The Kier molecular flexibility index (Phi) is 3.14. The van der Waals surface area contributed by atoms with Gasteiger partial charge in [0.25, 0.3) is 5.56 Å². The fourth-order valence-electron chi connectivity index (χ4n) is 1.35. The van der Waals surface area contributed by atoms with Gasteiger partial charge in [0.2, 0.25) is 0 Å². The first-order valence-electron chi connectivity index (χ1n) is 4.74. The van der Waals surface area contributed by atoms with E-state index in [9.17, 15) is 9.90 Å². The third kappa shape index (κ3) is 2.31. The lowest BCUT2D eigenvalue weighted by molar-refractivity contribution is 0.373. The van der Waals surface area contributed by atoms with Crippen molar-refractivity contribution in [2.24, 2.45) is 0 Å². The summed E-state index contributed by atoms with van der Waals surface area (Å²) >= 11 is 3.07. The predicted molar refractivity (Wildman–Crippen MR) is 66.2 cm³/mol. The molecule has 0 fully saturated rings. The van der Waals surface area contributed by atoms with Crippen molar-refractivity contribution < 1.29 is 9.84 Å². The second kappa shape index (κ2) is 4.58. The summed E-state index contributed by atoms with van der Waals surface area (Å²) in [6.45, 7) is 0. The summed E-state index contributed by atoms with van der Waals surface area (Å²) in [5, 5.41) is 9.46. The van der Waals surface area contributed by atoms with Crippen LogP contribution in [0, 0.1) is 0 Å². The Bertz CT molecular complexity index is 610. The summed E-state index contributed by atoms with van der Waals surface area (Å²) in [5.41, 5.74) is 0.395. The first-order chi connectivity index (χ1) is 8.11. The van der Waals surface area contributed by atoms with Crippen molar-refractivity contribution in [3.8, 4) is 22.9 Å². The van der Waals surface area contributed by atoms with Gasteiger partial charge in [-0.2, -0.15) is 0 Å². The minimum atomic E-state index is -0.262. The molecule has 0 aliphatic heterocycles. The zero-order valence-electron chi connectivity index (χ0n) is 8.90. The van der Waals surface area contributed by atoms with Crippen molar-refractivity contribution in [2.45, 2.75) is 0 Å². The monoisotopic (exact) mass is 296 g/mol. The molecule has 0 unspecified atom stereocenters.